The third-order valence-corrected chi connectivity index (χ3v) is 3.59. The van der Waals surface area contributed by atoms with Crippen molar-refractivity contribution in [3.63, 3.8) is 0 Å². The van der Waals surface area contributed by atoms with E-state index < -0.39 is 11.9 Å². The monoisotopic (exact) mass is 355 g/mol. The Labute approximate surface area is 131 Å². The first-order valence-corrected chi connectivity index (χ1v) is 7.42. The second-order valence-electron chi connectivity index (χ2n) is 4.77. The minimum Gasteiger partial charge on any atom is -0.484 e. The van der Waals surface area contributed by atoms with Crippen molar-refractivity contribution in [2.75, 3.05) is 0 Å². The lowest BCUT2D eigenvalue weighted by Gasteiger charge is -2.25. The van der Waals surface area contributed by atoms with Crippen molar-refractivity contribution < 1.29 is 13.5 Å². The minimum absolute atomic E-state index is 0.325. The summed E-state index contributed by atoms with van der Waals surface area (Å²) < 4.78 is 33.2. The van der Waals surface area contributed by atoms with Gasteiger partial charge in [-0.2, -0.15) is 0 Å². The molecule has 0 radical (unpaired) electrons. The van der Waals surface area contributed by atoms with Crippen molar-refractivity contribution >= 4 is 15.9 Å². The van der Waals surface area contributed by atoms with Crippen molar-refractivity contribution in [3.05, 3.63) is 64.1 Å². The van der Waals surface area contributed by atoms with Gasteiger partial charge in [0.05, 0.1) is 0 Å². The van der Waals surface area contributed by atoms with Crippen LogP contribution in [0.4, 0.5) is 8.78 Å². The Morgan fingerprint density at radius 1 is 1.14 bits per heavy atom. The molecule has 0 bridgehead atoms. The molecule has 5 heteroatoms. The van der Waals surface area contributed by atoms with E-state index in [1.54, 1.807) is 18.2 Å². The van der Waals surface area contributed by atoms with Crippen molar-refractivity contribution in [2.24, 2.45) is 5.73 Å². The Morgan fingerprint density at radius 3 is 2.52 bits per heavy atom. The lowest BCUT2D eigenvalue weighted by Crippen LogP contribution is -2.31. The highest BCUT2D eigenvalue weighted by atomic mass is 79.9. The number of nitrogens with two attached hydrogens (primary N) is 1. The predicted molar refractivity (Wildman–Crippen MR) is 82.1 cm³/mol. The summed E-state index contributed by atoms with van der Waals surface area (Å²) in [7, 11) is 0. The molecule has 0 saturated heterocycles. The zero-order valence-corrected chi connectivity index (χ0v) is 13.1. The summed E-state index contributed by atoms with van der Waals surface area (Å²) in [5.74, 6) is -0.424. The van der Waals surface area contributed by atoms with E-state index in [1.807, 2.05) is 6.92 Å². The molecule has 2 rings (SSSR count). The molecule has 112 valence electrons. The van der Waals surface area contributed by atoms with E-state index in [1.165, 1.54) is 24.3 Å². The number of hydrogen-bond acceptors (Lipinski definition) is 2. The average molecular weight is 356 g/mol. The van der Waals surface area contributed by atoms with E-state index in [-0.39, 0.29) is 11.9 Å². The molecule has 0 saturated carbocycles. The Morgan fingerprint density at radius 2 is 1.90 bits per heavy atom. The van der Waals surface area contributed by atoms with Crippen molar-refractivity contribution in [1.29, 1.82) is 0 Å². The smallest absolute Gasteiger partial charge is 0.139 e. The van der Waals surface area contributed by atoms with E-state index in [0.717, 1.165) is 0 Å². The normalized spacial score (nSPS) is 13.8. The molecule has 21 heavy (non-hydrogen) atoms. The fraction of sp³-hybridized carbons (Fsp3) is 0.250. The van der Waals surface area contributed by atoms with E-state index in [2.05, 4.69) is 15.9 Å². The van der Waals surface area contributed by atoms with Crippen LogP contribution in [0.25, 0.3) is 0 Å². The van der Waals surface area contributed by atoms with Gasteiger partial charge in [-0.1, -0.05) is 35.0 Å². The zero-order chi connectivity index (χ0) is 15.4. The third kappa shape index (κ3) is 4.25. The predicted octanol–water partition coefficient (Wildman–Crippen LogP) is 4.58. The van der Waals surface area contributed by atoms with Crippen LogP contribution in [0.1, 0.15) is 25.0 Å². The summed E-state index contributed by atoms with van der Waals surface area (Å²) in [4.78, 5) is 0. The van der Waals surface area contributed by atoms with Crippen LogP contribution in [0.15, 0.2) is 46.9 Å². The van der Waals surface area contributed by atoms with Gasteiger partial charge >= 0.3 is 0 Å². The van der Waals surface area contributed by atoms with Crippen LogP contribution in [0.5, 0.6) is 5.75 Å². The number of hydrogen-bond donors (Lipinski definition) is 1. The fourth-order valence-corrected chi connectivity index (χ4v) is 2.49. The lowest BCUT2D eigenvalue weighted by molar-refractivity contribution is 0.170. The van der Waals surface area contributed by atoms with Gasteiger partial charge in [0.1, 0.15) is 23.5 Å². The third-order valence-electron chi connectivity index (χ3n) is 3.14. The number of rotatable bonds is 5. The zero-order valence-electron chi connectivity index (χ0n) is 11.5. The van der Waals surface area contributed by atoms with Gasteiger partial charge in [0.15, 0.2) is 0 Å². The quantitative estimate of drug-likeness (QED) is 0.851. The molecule has 0 amide bonds. The molecule has 0 aliphatic carbocycles. The van der Waals surface area contributed by atoms with Crippen molar-refractivity contribution in [1.82, 2.24) is 0 Å². The molecule has 2 unspecified atom stereocenters. The van der Waals surface area contributed by atoms with Crippen molar-refractivity contribution in [3.8, 4) is 5.75 Å². The number of ether oxygens (including phenoxy) is 1. The number of halogens is 3. The summed E-state index contributed by atoms with van der Waals surface area (Å²) in [6.45, 7) is 1.92. The van der Waals surface area contributed by atoms with E-state index in [4.69, 9.17) is 10.5 Å². The Kier molecular flexibility index (Phi) is 5.31. The highest BCUT2D eigenvalue weighted by Crippen LogP contribution is 2.28. The summed E-state index contributed by atoms with van der Waals surface area (Å²) in [6, 6.07) is 10.0. The van der Waals surface area contributed by atoms with Crippen molar-refractivity contribution in [2.45, 2.75) is 25.5 Å². The van der Waals surface area contributed by atoms with Crippen LogP contribution in [-0.4, -0.2) is 6.04 Å². The highest BCUT2D eigenvalue weighted by Gasteiger charge is 2.21. The maximum atomic E-state index is 13.4. The van der Waals surface area contributed by atoms with Crippen LogP contribution in [-0.2, 0) is 0 Å². The first-order valence-electron chi connectivity index (χ1n) is 6.63. The van der Waals surface area contributed by atoms with Gasteiger partial charge < -0.3 is 10.5 Å². The van der Waals surface area contributed by atoms with Gasteiger partial charge in [0, 0.05) is 16.6 Å². The van der Waals surface area contributed by atoms with Gasteiger partial charge in [-0.05, 0) is 36.2 Å². The molecule has 0 heterocycles. The molecule has 0 aromatic heterocycles. The minimum atomic E-state index is -0.542. The summed E-state index contributed by atoms with van der Waals surface area (Å²) in [6.07, 6.45) is 0.108. The SMILES string of the molecule is CCC(N)C(Oc1cc(F)cc(Br)c1)c1cccc(F)c1. The summed E-state index contributed by atoms with van der Waals surface area (Å²) >= 11 is 3.21. The summed E-state index contributed by atoms with van der Waals surface area (Å²) in [5, 5.41) is 0. The van der Waals surface area contributed by atoms with Crippen LogP contribution in [0.2, 0.25) is 0 Å². The average Bonchev–Trinajstić information content (AvgIpc) is 2.43. The fourth-order valence-electron chi connectivity index (χ4n) is 2.04. The first-order chi connectivity index (χ1) is 9.99. The van der Waals surface area contributed by atoms with E-state index in [0.29, 0.717) is 22.2 Å². The van der Waals surface area contributed by atoms with Crippen LogP contribution >= 0.6 is 15.9 Å². The molecular formula is C16H16BrF2NO. The number of benzene rings is 2. The molecule has 0 aliphatic rings. The second kappa shape index (κ2) is 7.00. The molecule has 0 aliphatic heterocycles. The van der Waals surface area contributed by atoms with E-state index in [9.17, 15) is 8.78 Å². The van der Waals surface area contributed by atoms with Gasteiger partial charge in [0.2, 0.25) is 0 Å². The molecule has 0 spiro atoms. The Bertz CT molecular complexity index is 601. The standard InChI is InChI=1S/C16H16BrF2NO/c1-2-15(20)16(10-4-3-5-12(18)6-10)21-14-8-11(17)7-13(19)9-14/h3-9,15-16H,2,20H2,1H3. The maximum absolute atomic E-state index is 13.4. The van der Waals surface area contributed by atoms with Gasteiger partial charge in [-0.25, -0.2) is 8.78 Å². The second-order valence-corrected chi connectivity index (χ2v) is 5.69. The largest absolute Gasteiger partial charge is 0.484 e. The molecule has 2 aromatic rings. The van der Waals surface area contributed by atoms with Gasteiger partial charge in [0.25, 0.3) is 0 Å². The maximum Gasteiger partial charge on any atom is 0.139 e. The molecule has 2 aromatic carbocycles. The van der Waals surface area contributed by atoms with Crippen LogP contribution in [0, 0.1) is 11.6 Å². The highest BCUT2D eigenvalue weighted by molar-refractivity contribution is 9.10. The van der Waals surface area contributed by atoms with Gasteiger partial charge in [-0.15, -0.1) is 0 Å². The Hall–Kier alpha value is -1.46. The summed E-state index contributed by atoms with van der Waals surface area (Å²) in [5.41, 5.74) is 6.70. The van der Waals surface area contributed by atoms with Gasteiger partial charge in [-0.3, -0.25) is 0 Å². The van der Waals surface area contributed by atoms with Crippen LogP contribution < -0.4 is 10.5 Å². The molecule has 2 atom stereocenters. The molecule has 0 fully saturated rings. The van der Waals surface area contributed by atoms with Crippen LogP contribution in [0.3, 0.4) is 0 Å². The molecular weight excluding hydrogens is 340 g/mol. The van der Waals surface area contributed by atoms with E-state index >= 15 is 0 Å². The molecule has 2 nitrogen and oxygen atoms in total. The topological polar surface area (TPSA) is 35.2 Å². The Balaban J connectivity index is 2.32. The molecule has 2 N–H and O–H groups in total. The lowest BCUT2D eigenvalue weighted by atomic mass is 10.0. The first kappa shape index (κ1) is 15.9.